The lowest BCUT2D eigenvalue weighted by Gasteiger charge is -2.27. The summed E-state index contributed by atoms with van der Waals surface area (Å²) < 4.78 is 0. The van der Waals surface area contributed by atoms with E-state index in [1.54, 1.807) is 12.4 Å². The molecule has 0 fully saturated rings. The molecule has 2 amide bonds. The average molecular weight is 340 g/mol. The number of benzene rings is 2. The summed E-state index contributed by atoms with van der Waals surface area (Å²) in [5.74, 6) is 0. The standard InChI is InChI=1S/C19H18ClN3O/c1-19(2,14-6-8-15(20)9-7-14)23-18(24)22-17-5-3-4-13-12-21-11-10-16(13)17/h3-12H,1-2H3,(H2,22,23,24). The van der Waals surface area contributed by atoms with Gasteiger partial charge in [-0.05, 0) is 43.7 Å². The molecule has 0 bridgehead atoms. The Balaban J connectivity index is 1.78. The predicted molar refractivity (Wildman–Crippen MR) is 98.4 cm³/mol. The van der Waals surface area contributed by atoms with Crippen molar-refractivity contribution in [3.8, 4) is 0 Å². The third-order valence-corrected chi connectivity index (χ3v) is 4.17. The lowest BCUT2D eigenvalue weighted by molar-refractivity contribution is 0.242. The summed E-state index contributed by atoms with van der Waals surface area (Å²) >= 11 is 5.93. The largest absolute Gasteiger partial charge is 0.329 e. The molecule has 0 aliphatic carbocycles. The first kappa shape index (κ1) is 16.3. The van der Waals surface area contributed by atoms with Crippen molar-refractivity contribution in [3.63, 3.8) is 0 Å². The van der Waals surface area contributed by atoms with E-state index >= 15 is 0 Å². The Morgan fingerprint density at radius 1 is 1.08 bits per heavy atom. The van der Waals surface area contributed by atoms with Gasteiger partial charge in [-0.3, -0.25) is 4.98 Å². The molecule has 0 atom stereocenters. The Morgan fingerprint density at radius 3 is 2.58 bits per heavy atom. The van der Waals surface area contributed by atoms with Crippen LogP contribution in [0.5, 0.6) is 0 Å². The molecular weight excluding hydrogens is 322 g/mol. The number of fused-ring (bicyclic) bond motifs is 1. The van der Waals surface area contributed by atoms with Crippen LogP contribution in [0, 0.1) is 0 Å². The first-order chi connectivity index (χ1) is 11.5. The van der Waals surface area contributed by atoms with Gasteiger partial charge in [-0.2, -0.15) is 0 Å². The number of anilines is 1. The van der Waals surface area contributed by atoms with Crippen molar-refractivity contribution in [1.82, 2.24) is 10.3 Å². The molecule has 5 heteroatoms. The summed E-state index contributed by atoms with van der Waals surface area (Å²) in [6.45, 7) is 3.89. The molecule has 4 nitrogen and oxygen atoms in total. The number of carbonyl (C=O) groups excluding carboxylic acids is 1. The van der Waals surface area contributed by atoms with Crippen molar-refractivity contribution in [2.45, 2.75) is 19.4 Å². The number of pyridine rings is 1. The number of nitrogens with zero attached hydrogens (tertiary/aromatic N) is 1. The topological polar surface area (TPSA) is 54.0 Å². The SMILES string of the molecule is CC(C)(NC(=O)Nc1cccc2cnccc12)c1ccc(Cl)cc1. The summed E-state index contributed by atoms with van der Waals surface area (Å²) in [6, 6.07) is 14.8. The minimum Gasteiger partial charge on any atom is -0.329 e. The van der Waals surface area contributed by atoms with E-state index in [9.17, 15) is 4.79 Å². The summed E-state index contributed by atoms with van der Waals surface area (Å²) in [6.07, 6.45) is 3.49. The lowest BCUT2D eigenvalue weighted by atomic mass is 9.94. The third kappa shape index (κ3) is 3.49. The second kappa shape index (κ2) is 6.49. The van der Waals surface area contributed by atoms with Gasteiger partial charge in [0.2, 0.25) is 0 Å². The van der Waals surface area contributed by atoms with E-state index in [0.717, 1.165) is 22.0 Å². The molecule has 3 rings (SSSR count). The maximum absolute atomic E-state index is 12.4. The monoisotopic (exact) mass is 339 g/mol. The highest BCUT2D eigenvalue weighted by molar-refractivity contribution is 6.30. The van der Waals surface area contributed by atoms with Gasteiger partial charge in [0.05, 0.1) is 11.2 Å². The molecule has 0 aliphatic heterocycles. The second-order valence-corrected chi connectivity index (χ2v) is 6.55. The number of amides is 2. The molecule has 0 saturated carbocycles. The highest BCUT2D eigenvalue weighted by atomic mass is 35.5. The van der Waals surface area contributed by atoms with E-state index in [-0.39, 0.29) is 6.03 Å². The maximum Gasteiger partial charge on any atom is 0.319 e. The van der Waals surface area contributed by atoms with Crippen LogP contribution >= 0.6 is 11.6 Å². The minimum atomic E-state index is -0.527. The number of urea groups is 1. The van der Waals surface area contributed by atoms with Crippen LogP contribution < -0.4 is 10.6 Å². The average Bonchev–Trinajstić information content (AvgIpc) is 2.55. The molecule has 0 radical (unpaired) electrons. The Bertz CT molecular complexity index is 870. The highest BCUT2D eigenvalue weighted by Gasteiger charge is 2.23. The fraction of sp³-hybridized carbons (Fsp3) is 0.158. The van der Waals surface area contributed by atoms with Gasteiger partial charge in [0, 0.05) is 28.2 Å². The van der Waals surface area contributed by atoms with E-state index in [4.69, 9.17) is 11.6 Å². The summed E-state index contributed by atoms with van der Waals surface area (Å²) in [5.41, 5.74) is 1.20. The van der Waals surface area contributed by atoms with E-state index in [0.29, 0.717) is 5.02 Å². The number of carbonyl (C=O) groups is 1. The van der Waals surface area contributed by atoms with Gasteiger partial charge in [0.25, 0.3) is 0 Å². The zero-order valence-electron chi connectivity index (χ0n) is 13.5. The molecular formula is C19H18ClN3O. The third-order valence-electron chi connectivity index (χ3n) is 3.92. The molecule has 0 aliphatic rings. The Kier molecular flexibility index (Phi) is 4.40. The number of nitrogens with one attached hydrogen (secondary N) is 2. The number of hydrogen-bond donors (Lipinski definition) is 2. The summed E-state index contributed by atoms with van der Waals surface area (Å²) in [4.78, 5) is 16.5. The van der Waals surface area contributed by atoms with Crippen molar-refractivity contribution in [2.24, 2.45) is 0 Å². The predicted octanol–water partition coefficient (Wildman–Crippen LogP) is 4.95. The molecule has 122 valence electrons. The van der Waals surface area contributed by atoms with E-state index < -0.39 is 5.54 Å². The Morgan fingerprint density at radius 2 is 1.83 bits per heavy atom. The minimum absolute atomic E-state index is 0.265. The van der Waals surface area contributed by atoms with Crippen LogP contribution in [0.1, 0.15) is 19.4 Å². The Labute approximate surface area is 145 Å². The number of rotatable bonds is 3. The molecule has 24 heavy (non-hydrogen) atoms. The molecule has 0 spiro atoms. The van der Waals surface area contributed by atoms with Gasteiger partial charge in [-0.1, -0.05) is 35.9 Å². The zero-order valence-corrected chi connectivity index (χ0v) is 14.3. The smallest absolute Gasteiger partial charge is 0.319 e. The molecule has 0 unspecified atom stereocenters. The van der Waals surface area contributed by atoms with Gasteiger partial charge < -0.3 is 10.6 Å². The van der Waals surface area contributed by atoms with Crippen molar-refractivity contribution >= 4 is 34.1 Å². The molecule has 1 aromatic heterocycles. The first-order valence-corrected chi connectivity index (χ1v) is 8.01. The van der Waals surface area contributed by atoms with Gasteiger partial charge in [-0.15, -0.1) is 0 Å². The molecule has 3 aromatic rings. The van der Waals surface area contributed by atoms with Crippen molar-refractivity contribution in [2.75, 3.05) is 5.32 Å². The van der Waals surface area contributed by atoms with Crippen LogP contribution in [0.2, 0.25) is 5.02 Å². The highest BCUT2D eigenvalue weighted by Crippen LogP contribution is 2.24. The van der Waals surface area contributed by atoms with Gasteiger partial charge >= 0.3 is 6.03 Å². The Hall–Kier alpha value is -2.59. The zero-order chi connectivity index (χ0) is 17.2. The molecule has 0 saturated heterocycles. The second-order valence-electron chi connectivity index (χ2n) is 6.11. The lowest BCUT2D eigenvalue weighted by Crippen LogP contribution is -2.43. The van der Waals surface area contributed by atoms with E-state index in [1.165, 1.54) is 0 Å². The fourth-order valence-corrected chi connectivity index (χ4v) is 2.73. The van der Waals surface area contributed by atoms with Crippen LogP contribution in [0.3, 0.4) is 0 Å². The summed E-state index contributed by atoms with van der Waals surface area (Å²) in [5, 5.41) is 8.51. The van der Waals surface area contributed by atoms with Crippen LogP contribution in [-0.2, 0) is 5.54 Å². The van der Waals surface area contributed by atoms with Crippen molar-refractivity contribution in [3.05, 3.63) is 71.5 Å². The van der Waals surface area contributed by atoms with Crippen LogP contribution in [0.15, 0.2) is 60.9 Å². The van der Waals surface area contributed by atoms with Gasteiger partial charge in [0.1, 0.15) is 0 Å². The van der Waals surface area contributed by atoms with Crippen LogP contribution in [0.25, 0.3) is 10.8 Å². The van der Waals surface area contributed by atoms with E-state index in [2.05, 4.69) is 15.6 Å². The summed E-state index contributed by atoms with van der Waals surface area (Å²) in [7, 11) is 0. The van der Waals surface area contributed by atoms with Gasteiger partial charge in [-0.25, -0.2) is 4.79 Å². The number of hydrogen-bond acceptors (Lipinski definition) is 2. The van der Waals surface area contributed by atoms with Crippen LogP contribution in [-0.4, -0.2) is 11.0 Å². The number of halogens is 1. The first-order valence-electron chi connectivity index (χ1n) is 7.64. The van der Waals surface area contributed by atoms with Crippen LogP contribution in [0.4, 0.5) is 10.5 Å². The van der Waals surface area contributed by atoms with E-state index in [1.807, 2.05) is 62.4 Å². The van der Waals surface area contributed by atoms with Gasteiger partial charge in [0.15, 0.2) is 0 Å². The normalized spacial score (nSPS) is 11.3. The fourth-order valence-electron chi connectivity index (χ4n) is 2.61. The van der Waals surface area contributed by atoms with Crippen molar-refractivity contribution in [1.29, 1.82) is 0 Å². The maximum atomic E-state index is 12.4. The number of aromatic nitrogens is 1. The molecule has 2 N–H and O–H groups in total. The molecule has 2 aromatic carbocycles. The van der Waals surface area contributed by atoms with Crippen molar-refractivity contribution < 1.29 is 4.79 Å². The molecule has 1 heterocycles. The quantitative estimate of drug-likeness (QED) is 0.709.